The van der Waals surface area contributed by atoms with Gasteiger partial charge < -0.3 is 14.9 Å². The van der Waals surface area contributed by atoms with Crippen LogP contribution < -0.4 is 4.74 Å². The van der Waals surface area contributed by atoms with Crippen molar-refractivity contribution in [3.8, 4) is 5.75 Å². The summed E-state index contributed by atoms with van der Waals surface area (Å²) in [5.74, 6) is -1.59. The fourth-order valence-corrected chi connectivity index (χ4v) is 1.65. The molecule has 0 spiro atoms. The summed E-state index contributed by atoms with van der Waals surface area (Å²) in [6, 6.07) is 0.765. The first kappa shape index (κ1) is 13.9. The predicted octanol–water partition coefficient (Wildman–Crippen LogP) is 2.96. The molecule has 0 fully saturated rings. The Labute approximate surface area is 105 Å². The van der Waals surface area contributed by atoms with Crippen molar-refractivity contribution in [2.75, 3.05) is 0 Å². The average molecular weight is 366 g/mol. The van der Waals surface area contributed by atoms with Crippen LogP contribution in [0.4, 0.5) is 23.4 Å². The molecule has 1 rings (SSSR count). The smallest absolute Gasteiger partial charge is 0.400 e. The first-order valence-corrected chi connectivity index (χ1v) is 4.98. The lowest BCUT2D eigenvalue weighted by Crippen LogP contribution is -2.19. The van der Waals surface area contributed by atoms with Gasteiger partial charge in [0, 0.05) is 0 Å². The van der Waals surface area contributed by atoms with Gasteiger partial charge in [-0.05, 0) is 32.5 Å². The van der Waals surface area contributed by atoms with Crippen LogP contribution >= 0.6 is 22.6 Å². The van der Waals surface area contributed by atoms with Gasteiger partial charge in [0.2, 0.25) is 5.69 Å². The molecule has 1 aromatic rings. The van der Waals surface area contributed by atoms with E-state index in [1.165, 1.54) is 22.6 Å². The third-order valence-corrected chi connectivity index (χ3v) is 2.32. The first-order valence-electron chi connectivity index (χ1n) is 3.90. The number of hydrogen-bond donors (Lipinski definition) is 0. The van der Waals surface area contributed by atoms with Gasteiger partial charge in [0.15, 0.2) is 12.4 Å². The molecule has 0 bridgehead atoms. The maximum atomic E-state index is 12.4. The summed E-state index contributed by atoms with van der Waals surface area (Å²) >= 11 is 1.37. The summed E-state index contributed by atoms with van der Waals surface area (Å²) in [6.45, 7) is -1.40. The Kier molecular flexibility index (Phi) is 4.06. The Hall–Kier alpha value is -1.20. The van der Waals surface area contributed by atoms with Gasteiger partial charge >= 0.3 is 12.2 Å². The number of ether oxygens (including phenoxy) is 1. The minimum absolute atomic E-state index is 0.241. The van der Waals surface area contributed by atoms with Crippen LogP contribution in [-0.2, 0) is 6.67 Å². The van der Waals surface area contributed by atoms with Gasteiger partial charge in [-0.2, -0.15) is 0 Å². The van der Waals surface area contributed by atoms with E-state index in [0.717, 1.165) is 6.07 Å². The van der Waals surface area contributed by atoms with Crippen molar-refractivity contribution in [1.29, 1.82) is 0 Å². The van der Waals surface area contributed by atoms with E-state index < -0.39 is 35.2 Å². The van der Waals surface area contributed by atoms with Crippen LogP contribution in [0.3, 0.4) is 0 Å². The number of aromatic nitrogens is 1. The SMILES string of the molecule is O=[N+]([O-])c1cc(I)c(OC(F)(F)F)c(CF)n1. The van der Waals surface area contributed by atoms with Crippen LogP contribution in [0.5, 0.6) is 5.75 Å². The molecule has 0 atom stereocenters. The third-order valence-electron chi connectivity index (χ3n) is 1.52. The first-order chi connectivity index (χ1) is 7.74. The Balaban J connectivity index is 3.26. The van der Waals surface area contributed by atoms with E-state index in [-0.39, 0.29) is 3.57 Å². The molecular weight excluding hydrogens is 363 g/mol. The number of pyridine rings is 1. The van der Waals surface area contributed by atoms with Gasteiger partial charge in [-0.15, -0.1) is 13.2 Å². The largest absolute Gasteiger partial charge is 0.573 e. The third kappa shape index (κ3) is 3.64. The molecule has 0 amide bonds. The number of alkyl halides is 4. The number of halogens is 5. The standard InChI is InChI=1S/C7H3F4IN2O3/c8-2-4-6(17-7(9,10)11)3(12)1-5(13-4)14(15)16/h1H,2H2. The van der Waals surface area contributed by atoms with E-state index in [1.54, 1.807) is 0 Å². The molecular formula is C7H3F4IN2O3. The van der Waals surface area contributed by atoms with Crippen LogP contribution in [0.2, 0.25) is 0 Å². The molecule has 17 heavy (non-hydrogen) atoms. The fourth-order valence-electron chi connectivity index (χ4n) is 0.946. The molecule has 0 unspecified atom stereocenters. The zero-order valence-corrected chi connectivity index (χ0v) is 9.95. The molecule has 1 aromatic heterocycles. The molecule has 0 N–H and O–H groups in total. The number of rotatable bonds is 3. The van der Waals surface area contributed by atoms with E-state index >= 15 is 0 Å². The highest BCUT2D eigenvalue weighted by molar-refractivity contribution is 14.1. The molecule has 0 aliphatic carbocycles. The molecule has 0 aliphatic heterocycles. The summed E-state index contributed by atoms with van der Waals surface area (Å²) < 4.78 is 51.7. The maximum Gasteiger partial charge on any atom is 0.573 e. The van der Waals surface area contributed by atoms with Crippen LogP contribution in [0.1, 0.15) is 5.69 Å². The summed E-state index contributed by atoms with van der Waals surface area (Å²) in [5.41, 5.74) is -0.763. The van der Waals surface area contributed by atoms with Gasteiger partial charge in [-0.3, -0.25) is 0 Å². The summed E-state index contributed by atoms with van der Waals surface area (Å²) in [7, 11) is 0. The minimum Gasteiger partial charge on any atom is -0.400 e. The molecule has 5 nitrogen and oxygen atoms in total. The second-order valence-electron chi connectivity index (χ2n) is 2.68. The lowest BCUT2D eigenvalue weighted by atomic mass is 10.3. The molecule has 1 heterocycles. The highest BCUT2D eigenvalue weighted by atomic mass is 127. The van der Waals surface area contributed by atoms with E-state index in [4.69, 9.17) is 0 Å². The molecule has 94 valence electrons. The zero-order valence-electron chi connectivity index (χ0n) is 7.79. The highest BCUT2D eigenvalue weighted by Crippen LogP contribution is 2.32. The minimum atomic E-state index is -5.01. The Morgan fingerprint density at radius 2 is 2.12 bits per heavy atom. The van der Waals surface area contributed by atoms with Crippen molar-refractivity contribution < 1.29 is 27.2 Å². The van der Waals surface area contributed by atoms with Gasteiger partial charge in [-0.25, -0.2) is 4.39 Å². The summed E-state index contributed by atoms with van der Waals surface area (Å²) in [5, 5.41) is 10.4. The maximum absolute atomic E-state index is 12.4. The van der Waals surface area contributed by atoms with Gasteiger partial charge in [0.25, 0.3) is 0 Å². The normalized spacial score (nSPS) is 11.4. The quantitative estimate of drug-likeness (QED) is 0.357. The monoisotopic (exact) mass is 366 g/mol. The van der Waals surface area contributed by atoms with E-state index in [0.29, 0.717) is 0 Å². The van der Waals surface area contributed by atoms with E-state index in [2.05, 4.69) is 9.72 Å². The Bertz CT molecular complexity index is 451. The average Bonchev–Trinajstić information content (AvgIpc) is 2.18. The van der Waals surface area contributed by atoms with Crippen molar-refractivity contribution in [3.05, 3.63) is 25.4 Å². The van der Waals surface area contributed by atoms with Crippen LogP contribution in [0.15, 0.2) is 6.07 Å². The highest BCUT2D eigenvalue weighted by Gasteiger charge is 2.35. The van der Waals surface area contributed by atoms with Crippen LogP contribution in [-0.4, -0.2) is 16.3 Å². The second-order valence-corrected chi connectivity index (χ2v) is 3.84. The lowest BCUT2D eigenvalue weighted by Gasteiger charge is -2.10. The molecule has 0 saturated heterocycles. The van der Waals surface area contributed by atoms with Gasteiger partial charge in [-0.1, -0.05) is 0 Å². The fraction of sp³-hybridized carbons (Fsp3) is 0.286. The molecule has 0 aromatic carbocycles. The van der Waals surface area contributed by atoms with Crippen molar-refractivity contribution in [1.82, 2.24) is 4.98 Å². The molecule has 0 saturated carbocycles. The van der Waals surface area contributed by atoms with Crippen LogP contribution in [0.25, 0.3) is 0 Å². The number of nitrogens with zero attached hydrogens (tertiary/aromatic N) is 2. The van der Waals surface area contributed by atoms with Crippen molar-refractivity contribution in [2.24, 2.45) is 0 Å². The van der Waals surface area contributed by atoms with Gasteiger partial charge in [0.1, 0.15) is 0 Å². The lowest BCUT2D eigenvalue weighted by molar-refractivity contribution is -0.389. The second kappa shape index (κ2) is 4.98. The Morgan fingerprint density at radius 1 is 1.53 bits per heavy atom. The topological polar surface area (TPSA) is 65.3 Å². The molecule has 0 aliphatic rings. The van der Waals surface area contributed by atoms with Crippen molar-refractivity contribution >= 4 is 28.4 Å². The zero-order chi connectivity index (χ0) is 13.2. The summed E-state index contributed by atoms with van der Waals surface area (Å²) in [4.78, 5) is 12.6. The molecule has 0 radical (unpaired) electrons. The number of hydrogen-bond acceptors (Lipinski definition) is 4. The molecule has 10 heteroatoms. The van der Waals surface area contributed by atoms with E-state index in [9.17, 15) is 27.7 Å². The van der Waals surface area contributed by atoms with Gasteiger partial charge in [0.05, 0.1) is 9.64 Å². The number of nitro groups is 1. The summed E-state index contributed by atoms with van der Waals surface area (Å²) in [6.07, 6.45) is -5.01. The van der Waals surface area contributed by atoms with E-state index in [1.807, 2.05) is 0 Å². The predicted molar refractivity (Wildman–Crippen MR) is 55.1 cm³/mol. The van der Waals surface area contributed by atoms with Crippen molar-refractivity contribution in [2.45, 2.75) is 13.0 Å². The van der Waals surface area contributed by atoms with Crippen LogP contribution in [0, 0.1) is 13.7 Å². The van der Waals surface area contributed by atoms with Crippen molar-refractivity contribution in [3.63, 3.8) is 0 Å². The Morgan fingerprint density at radius 3 is 2.53 bits per heavy atom.